The average Bonchev–Trinajstić information content (AvgIpc) is 2.35. The van der Waals surface area contributed by atoms with Crippen molar-refractivity contribution in [1.82, 2.24) is 0 Å². The van der Waals surface area contributed by atoms with Crippen LogP contribution >= 0.6 is 11.6 Å². The zero-order chi connectivity index (χ0) is 14.0. The van der Waals surface area contributed by atoms with Crippen molar-refractivity contribution in [1.29, 1.82) is 0 Å². The topological polar surface area (TPSA) is 72.2 Å². The summed E-state index contributed by atoms with van der Waals surface area (Å²) >= 11 is 5.58. The van der Waals surface area contributed by atoms with Gasteiger partial charge in [-0.3, -0.25) is 4.72 Å². The van der Waals surface area contributed by atoms with E-state index in [-0.39, 0.29) is 15.6 Å². The molecule has 4 nitrogen and oxygen atoms in total. The minimum absolute atomic E-state index is 0.0129. The van der Waals surface area contributed by atoms with Crippen LogP contribution in [0.2, 0.25) is 5.02 Å². The summed E-state index contributed by atoms with van der Waals surface area (Å²) < 4.78 is 39.8. The molecule has 0 aromatic heterocycles. The molecule has 0 spiro atoms. The van der Waals surface area contributed by atoms with Crippen molar-refractivity contribution in [2.45, 2.75) is 4.90 Å². The Kier molecular flexibility index (Phi) is 3.64. The predicted molar refractivity (Wildman–Crippen MR) is 73.1 cm³/mol. The largest absolute Gasteiger partial charge is 0.399 e. The Labute approximate surface area is 115 Å². The number of nitrogen functional groups attached to an aromatic ring is 1. The zero-order valence-corrected chi connectivity index (χ0v) is 11.2. The Morgan fingerprint density at radius 3 is 2.37 bits per heavy atom. The molecule has 0 aliphatic heterocycles. The van der Waals surface area contributed by atoms with Gasteiger partial charge in [0.05, 0.1) is 15.6 Å². The number of rotatable bonds is 3. The third-order valence-corrected chi connectivity index (χ3v) is 4.06. The molecule has 0 saturated heterocycles. The lowest BCUT2D eigenvalue weighted by Gasteiger charge is -2.09. The molecule has 0 bridgehead atoms. The fourth-order valence-electron chi connectivity index (χ4n) is 1.43. The molecule has 7 heteroatoms. The molecule has 2 aromatic rings. The summed E-state index contributed by atoms with van der Waals surface area (Å²) in [4.78, 5) is -0.0129. The minimum Gasteiger partial charge on any atom is -0.399 e. The number of anilines is 2. The second-order valence-electron chi connectivity index (χ2n) is 3.78. The van der Waals surface area contributed by atoms with Crippen LogP contribution in [0.15, 0.2) is 47.4 Å². The molecule has 100 valence electrons. The summed E-state index contributed by atoms with van der Waals surface area (Å²) in [6.45, 7) is 0. The summed E-state index contributed by atoms with van der Waals surface area (Å²) in [5.41, 5.74) is 5.71. The summed E-state index contributed by atoms with van der Waals surface area (Å²) in [5.74, 6) is -0.816. The van der Waals surface area contributed by atoms with Gasteiger partial charge in [0.2, 0.25) is 0 Å². The first-order valence-electron chi connectivity index (χ1n) is 5.22. The first kappa shape index (κ1) is 13.6. The van der Waals surface area contributed by atoms with Gasteiger partial charge >= 0.3 is 0 Å². The molecule has 0 saturated carbocycles. The zero-order valence-electron chi connectivity index (χ0n) is 9.60. The van der Waals surface area contributed by atoms with Gasteiger partial charge in [0.15, 0.2) is 5.82 Å². The number of hydrogen-bond donors (Lipinski definition) is 2. The van der Waals surface area contributed by atoms with Gasteiger partial charge in [0.25, 0.3) is 10.0 Å². The molecule has 2 rings (SSSR count). The monoisotopic (exact) mass is 300 g/mol. The molecule has 3 N–H and O–H groups in total. The van der Waals surface area contributed by atoms with Gasteiger partial charge in [-0.1, -0.05) is 17.7 Å². The Morgan fingerprint density at radius 1 is 1.11 bits per heavy atom. The highest BCUT2D eigenvalue weighted by molar-refractivity contribution is 7.92. The van der Waals surface area contributed by atoms with E-state index in [0.717, 1.165) is 0 Å². The molecule has 19 heavy (non-hydrogen) atoms. The Bertz CT molecular complexity index is 702. The number of hydrogen-bond acceptors (Lipinski definition) is 3. The van der Waals surface area contributed by atoms with Crippen molar-refractivity contribution in [3.8, 4) is 0 Å². The van der Waals surface area contributed by atoms with Gasteiger partial charge < -0.3 is 5.73 Å². The van der Waals surface area contributed by atoms with Crippen LogP contribution in [0.4, 0.5) is 15.8 Å². The van der Waals surface area contributed by atoms with E-state index in [9.17, 15) is 12.8 Å². The molecule has 2 aromatic carbocycles. The third-order valence-electron chi connectivity index (χ3n) is 2.39. The Balaban J connectivity index is 2.36. The van der Waals surface area contributed by atoms with Crippen LogP contribution in [-0.4, -0.2) is 8.42 Å². The van der Waals surface area contributed by atoms with Gasteiger partial charge in [0, 0.05) is 5.69 Å². The smallest absolute Gasteiger partial charge is 0.261 e. The highest BCUT2D eigenvalue weighted by Gasteiger charge is 2.17. The molecule has 0 amide bonds. The molecule has 0 radical (unpaired) electrons. The fourth-order valence-corrected chi connectivity index (χ4v) is 2.67. The molecule has 0 aliphatic carbocycles. The van der Waals surface area contributed by atoms with E-state index < -0.39 is 15.8 Å². The van der Waals surface area contributed by atoms with Crippen LogP contribution in [-0.2, 0) is 10.0 Å². The number of halogens is 2. The highest BCUT2D eigenvalue weighted by Crippen LogP contribution is 2.24. The summed E-state index contributed by atoms with van der Waals surface area (Å²) in [6, 6.07) is 9.63. The van der Waals surface area contributed by atoms with Crippen LogP contribution in [0.25, 0.3) is 0 Å². The number of sulfonamides is 1. The quantitative estimate of drug-likeness (QED) is 0.856. The van der Waals surface area contributed by atoms with Gasteiger partial charge in [-0.15, -0.1) is 0 Å². The Morgan fingerprint density at radius 2 is 1.74 bits per heavy atom. The second-order valence-corrected chi connectivity index (χ2v) is 5.87. The highest BCUT2D eigenvalue weighted by atomic mass is 35.5. The van der Waals surface area contributed by atoms with Crippen molar-refractivity contribution < 1.29 is 12.8 Å². The van der Waals surface area contributed by atoms with Crippen LogP contribution in [0.1, 0.15) is 0 Å². The van der Waals surface area contributed by atoms with Gasteiger partial charge in [-0.25, -0.2) is 12.8 Å². The maximum atomic E-state index is 13.6. The lowest BCUT2D eigenvalue weighted by atomic mass is 10.3. The number of benzene rings is 2. The maximum Gasteiger partial charge on any atom is 0.261 e. The van der Waals surface area contributed by atoms with E-state index in [4.69, 9.17) is 17.3 Å². The van der Waals surface area contributed by atoms with Crippen LogP contribution in [0.5, 0.6) is 0 Å². The minimum atomic E-state index is -3.87. The van der Waals surface area contributed by atoms with Gasteiger partial charge in [-0.2, -0.15) is 0 Å². The fraction of sp³-hybridized carbons (Fsp3) is 0. The molecule has 0 unspecified atom stereocenters. The summed E-state index contributed by atoms with van der Waals surface area (Å²) in [5, 5.41) is -0.155. The summed E-state index contributed by atoms with van der Waals surface area (Å²) in [7, 11) is -3.87. The van der Waals surface area contributed by atoms with Gasteiger partial charge in [0.1, 0.15) is 0 Å². The second kappa shape index (κ2) is 5.07. The van der Waals surface area contributed by atoms with Crippen LogP contribution in [0, 0.1) is 5.82 Å². The van der Waals surface area contributed by atoms with Crippen molar-refractivity contribution in [3.63, 3.8) is 0 Å². The lowest BCUT2D eigenvalue weighted by molar-refractivity contribution is 0.598. The summed E-state index contributed by atoms with van der Waals surface area (Å²) in [6.07, 6.45) is 0. The Hall–Kier alpha value is -1.79. The van der Waals surface area contributed by atoms with Crippen molar-refractivity contribution in [2.24, 2.45) is 0 Å². The molecule has 0 atom stereocenters. The van der Waals surface area contributed by atoms with E-state index in [1.807, 2.05) is 0 Å². The lowest BCUT2D eigenvalue weighted by Crippen LogP contribution is -2.14. The first-order chi connectivity index (χ1) is 8.90. The van der Waals surface area contributed by atoms with E-state index in [1.165, 1.54) is 42.5 Å². The molecule has 0 heterocycles. The molecular formula is C12H10ClFN2O2S. The van der Waals surface area contributed by atoms with Crippen molar-refractivity contribution in [3.05, 3.63) is 53.3 Å². The van der Waals surface area contributed by atoms with Crippen molar-refractivity contribution >= 4 is 33.0 Å². The third kappa shape index (κ3) is 2.97. The van der Waals surface area contributed by atoms with Gasteiger partial charge in [-0.05, 0) is 36.4 Å². The van der Waals surface area contributed by atoms with E-state index >= 15 is 0 Å². The van der Waals surface area contributed by atoms with Crippen LogP contribution < -0.4 is 10.5 Å². The molecule has 0 aliphatic rings. The average molecular weight is 301 g/mol. The van der Waals surface area contributed by atoms with E-state index in [1.54, 1.807) is 0 Å². The van der Waals surface area contributed by atoms with Crippen LogP contribution in [0.3, 0.4) is 0 Å². The van der Waals surface area contributed by atoms with E-state index in [2.05, 4.69) is 4.72 Å². The standard InChI is InChI=1S/C12H10ClFN2O2S/c13-10-2-1-3-11(12(10)14)16-19(17,18)9-6-4-8(15)5-7-9/h1-7,16H,15H2. The normalized spacial score (nSPS) is 11.3. The number of nitrogens with two attached hydrogens (primary N) is 1. The SMILES string of the molecule is Nc1ccc(S(=O)(=O)Nc2cccc(Cl)c2F)cc1. The predicted octanol–water partition coefficient (Wildman–Crippen LogP) is 2.86. The van der Waals surface area contributed by atoms with E-state index in [0.29, 0.717) is 5.69 Å². The maximum absolute atomic E-state index is 13.6. The molecular weight excluding hydrogens is 291 g/mol. The molecule has 0 fully saturated rings. The first-order valence-corrected chi connectivity index (χ1v) is 7.08. The van der Waals surface area contributed by atoms with Crippen molar-refractivity contribution in [2.75, 3.05) is 10.5 Å². The number of nitrogens with one attached hydrogen (secondary N) is 1.